The number of pyridine rings is 1. The Morgan fingerprint density at radius 2 is 1.76 bits per heavy atom. The van der Waals surface area contributed by atoms with Crippen molar-refractivity contribution in [2.24, 2.45) is 0 Å². The third-order valence-electron chi connectivity index (χ3n) is 5.31. The Morgan fingerprint density at radius 3 is 2.41 bits per heavy atom. The number of methoxy groups -OCH3 is 1. The first-order valence-corrected chi connectivity index (χ1v) is 12.4. The normalized spacial score (nSPS) is 11.3. The highest BCUT2D eigenvalue weighted by molar-refractivity contribution is 7.89. The number of aryl methyl sites for hydroxylation is 1. The second kappa shape index (κ2) is 11.1. The van der Waals surface area contributed by atoms with Crippen LogP contribution in [0, 0.1) is 6.92 Å². The van der Waals surface area contributed by atoms with E-state index in [2.05, 4.69) is 10.3 Å². The van der Waals surface area contributed by atoms with Gasteiger partial charge in [-0.15, -0.1) is 0 Å². The van der Waals surface area contributed by atoms with Gasteiger partial charge in [0.1, 0.15) is 11.5 Å². The van der Waals surface area contributed by atoms with E-state index >= 15 is 0 Å². The van der Waals surface area contributed by atoms with Crippen LogP contribution in [0.3, 0.4) is 0 Å². The van der Waals surface area contributed by atoms with Crippen molar-refractivity contribution in [2.45, 2.75) is 32.2 Å². The van der Waals surface area contributed by atoms with Gasteiger partial charge in [-0.1, -0.05) is 32.0 Å². The van der Waals surface area contributed by atoms with Crippen molar-refractivity contribution >= 4 is 15.9 Å². The van der Waals surface area contributed by atoms with Gasteiger partial charge in [-0.05, 0) is 42.3 Å². The van der Waals surface area contributed by atoms with E-state index in [-0.39, 0.29) is 17.3 Å². The number of ether oxygens (including phenoxy) is 2. The number of benzene rings is 2. The van der Waals surface area contributed by atoms with Gasteiger partial charge in [0.25, 0.3) is 5.91 Å². The van der Waals surface area contributed by atoms with Crippen LogP contribution in [-0.2, 0) is 16.6 Å². The number of carbonyl (C=O) groups excluding carboxylic acids is 1. The lowest BCUT2D eigenvalue weighted by atomic mass is 10.1. The number of carbonyl (C=O) groups is 1. The van der Waals surface area contributed by atoms with Crippen LogP contribution in [0.4, 0.5) is 0 Å². The summed E-state index contributed by atoms with van der Waals surface area (Å²) >= 11 is 0. The van der Waals surface area contributed by atoms with E-state index < -0.39 is 10.0 Å². The summed E-state index contributed by atoms with van der Waals surface area (Å²) in [5.41, 5.74) is 1.78. The molecule has 0 spiro atoms. The molecule has 3 aromatic rings. The van der Waals surface area contributed by atoms with E-state index in [1.807, 2.05) is 12.1 Å². The Bertz CT molecular complexity index is 1240. The molecule has 1 amide bonds. The minimum absolute atomic E-state index is 0.104. The largest absolute Gasteiger partial charge is 0.497 e. The molecular weight excluding hydrogens is 454 g/mol. The Kier molecular flexibility index (Phi) is 8.25. The van der Waals surface area contributed by atoms with Crippen LogP contribution in [0.5, 0.6) is 17.4 Å². The summed E-state index contributed by atoms with van der Waals surface area (Å²) in [6.45, 7) is 6.29. The molecule has 0 saturated heterocycles. The van der Waals surface area contributed by atoms with Crippen molar-refractivity contribution in [3.05, 3.63) is 77.5 Å². The maximum atomic E-state index is 12.8. The van der Waals surface area contributed by atoms with Gasteiger partial charge in [0, 0.05) is 43.5 Å². The zero-order chi connectivity index (χ0) is 24.7. The van der Waals surface area contributed by atoms with Crippen LogP contribution in [0.15, 0.2) is 65.7 Å². The fraction of sp³-hybridized carbons (Fsp3) is 0.280. The van der Waals surface area contributed by atoms with E-state index in [4.69, 9.17) is 9.47 Å². The van der Waals surface area contributed by atoms with Crippen molar-refractivity contribution in [3.8, 4) is 17.4 Å². The zero-order valence-corrected chi connectivity index (χ0v) is 20.6. The van der Waals surface area contributed by atoms with Gasteiger partial charge in [-0.25, -0.2) is 13.4 Å². The molecular formula is C25H29N3O5S. The molecule has 0 bridgehead atoms. The molecule has 1 heterocycles. The van der Waals surface area contributed by atoms with Crippen LogP contribution >= 0.6 is 0 Å². The minimum Gasteiger partial charge on any atom is -0.497 e. The van der Waals surface area contributed by atoms with E-state index in [1.54, 1.807) is 64.4 Å². The first kappa shape index (κ1) is 25.2. The molecule has 0 unspecified atom stereocenters. The third kappa shape index (κ3) is 5.92. The summed E-state index contributed by atoms with van der Waals surface area (Å²) in [7, 11) is -2.07. The average molecular weight is 484 g/mol. The lowest BCUT2D eigenvalue weighted by Crippen LogP contribution is -2.31. The quantitative estimate of drug-likeness (QED) is 0.465. The molecule has 9 heteroatoms. The summed E-state index contributed by atoms with van der Waals surface area (Å²) in [6.07, 6.45) is 1.61. The third-order valence-corrected chi connectivity index (χ3v) is 7.36. The summed E-state index contributed by atoms with van der Waals surface area (Å²) in [5, 5.41) is 2.83. The molecule has 0 fully saturated rings. The van der Waals surface area contributed by atoms with Crippen LogP contribution in [0.25, 0.3) is 0 Å². The number of amides is 1. The molecule has 1 aromatic heterocycles. The highest BCUT2D eigenvalue weighted by Gasteiger charge is 2.23. The van der Waals surface area contributed by atoms with Crippen molar-refractivity contribution in [2.75, 3.05) is 20.2 Å². The number of hydrogen-bond acceptors (Lipinski definition) is 6. The van der Waals surface area contributed by atoms with Crippen LogP contribution in [0.1, 0.15) is 35.3 Å². The fourth-order valence-corrected chi connectivity index (χ4v) is 4.84. The molecule has 34 heavy (non-hydrogen) atoms. The van der Waals surface area contributed by atoms with Gasteiger partial charge in [-0.3, -0.25) is 4.79 Å². The standard InChI is InChI=1S/C25H29N3O5S/c1-5-28(6-2)34(30,31)22-12-10-18(3)23(15-22)25(29)27-17-19-11-13-24(26-16-19)33-21-9-7-8-20(14-21)32-4/h7-16H,5-6,17H2,1-4H3,(H,27,29). The predicted molar refractivity (Wildman–Crippen MR) is 130 cm³/mol. The van der Waals surface area contributed by atoms with Gasteiger partial charge in [0.15, 0.2) is 0 Å². The van der Waals surface area contributed by atoms with Crippen molar-refractivity contribution in [1.82, 2.24) is 14.6 Å². The Morgan fingerprint density at radius 1 is 1.03 bits per heavy atom. The lowest BCUT2D eigenvalue weighted by molar-refractivity contribution is 0.0950. The molecule has 0 aliphatic carbocycles. The van der Waals surface area contributed by atoms with Crippen molar-refractivity contribution in [3.63, 3.8) is 0 Å². The number of sulfonamides is 1. The average Bonchev–Trinajstić information content (AvgIpc) is 2.84. The Balaban J connectivity index is 1.67. The zero-order valence-electron chi connectivity index (χ0n) is 19.7. The second-order valence-corrected chi connectivity index (χ2v) is 9.47. The molecule has 0 radical (unpaired) electrons. The van der Waals surface area contributed by atoms with Gasteiger partial charge >= 0.3 is 0 Å². The molecule has 2 aromatic carbocycles. The Labute approximate surface area is 200 Å². The molecule has 8 nitrogen and oxygen atoms in total. The van der Waals surface area contributed by atoms with Gasteiger partial charge in [0.05, 0.1) is 12.0 Å². The van der Waals surface area contributed by atoms with Crippen LogP contribution < -0.4 is 14.8 Å². The minimum atomic E-state index is -3.65. The van der Waals surface area contributed by atoms with E-state index in [9.17, 15) is 13.2 Å². The van der Waals surface area contributed by atoms with Crippen LogP contribution in [-0.4, -0.2) is 43.8 Å². The van der Waals surface area contributed by atoms with Crippen molar-refractivity contribution in [1.29, 1.82) is 0 Å². The maximum Gasteiger partial charge on any atom is 0.251 e. The van der Waals surface area contributed by atoms with Gasteiger partial charge < -0.3 is 14.8 Å². The first-order valence-electron chi connectivity index (χ1n) is 10.9. The summed E-state index contributed by atoms with van der Waals surface area (Å²) in [4.78, 5) is 17.2. The van der Waals surface area contributed by atoms with E-state index in [1.165, 1.54) is 16.4 Å². The highest BCUT2D eigenvalue weighted by Crippen LogP contribution is 2.24. The number of rotatable bonds is 10. The fourth-order valence-electron chi connectivity index (χ4n) is 3.36. The molecule has 0 aliphatic rings. The van der Waals surface area contributed by atoms with Crippen LogP contribution in [0.2, 0.25) is 0 Å². The van der Waals surface area contributed by atoms with E-state index in [0.29, 0.717) is 41.6 Å². The topological polar surface area (TPSA) is 97.8 Å². The molecule has 1 N–H and O–H groups in total. The first-order chi connectivity index (χ1) is 16.3. The summed E-state index contributed by atoms with van der Waals surface area (Å²) in [5.74, 6) is 1.34. The molecule has 0 aliphatic heterocycles. The summed E-state index contributed by atoms with van der Waals surface area (Å²) < 4.78 is 37.9. The molecule has 0 atom stereocenters. The number of nitrogens with one attached hydrogen (secondary N) is 1. The number of hydrogen-bond donors (Lipinski definition) is 1. The number of nitrogens with zero attached hydrogens (tertiary/aromatic N) is 2. The smallest absolute Gasteiger partial charge is 0.251 e. The highest BCUT2D eigenvalue weighted by atomic mass is 32.2. The van der Waals surface area contributed by atoms with Gasteiger partial charge in [-0.2, -0.15) is 4.31 Å². The Hall–Kier alpha value is -3.43. The maximum absolute atomic E-state index is 12.8. The molecule has 3 rings (SSSR count). The molecule has 0 saturated carbocycles. The molecule has 180 valence electrons. The monoisotopic (exact) mass is 483 g/mol. The van der Waals surface area contributed by atoms with Crippen molar-refractivity contribution < 1.29 is 22.7 Å². The summed E-state index contributed by atoms with van der Waals surface area (Å²) in [6, 6.07) is 15.3. The predicted octanol–water partition coefficient (Wildman–Crippen LogP) is 4.15. The lowest BCUT2D eigenvalue weighted by Gasteiger charge is -2.19. The second-order valence-electron chi connectivity index (χ2n) is 7.53. The van der Waals surface area contributed by atoms with E-state index in [0.717, 1.165) is 5.56 Å². The SMILES string of the molecule is CCN(CC)S(=O)(=O)c1ccc(C)c(C(=O)NCc2ccc(Oc3cccc(OC)c3)nc2)c1. The van der Waals surface area contributed by atoms with Gasteiger partial charge in [0.2, 0.25) is 15.9 Å². The number of aromatic nitrogens is 1.